The molecule has 0 saturated carbocycles. The van der Waals surface area contributed by atoms with E-state index in [0.717, 1.165) is 0 Å². The van der Waals surface area contributed by atoms with Crippen molar-refractivity contribution in [2.45, 2.75) is 171 Å². The van der Waals surface area contributed by atoms with Crippen molar-refractivity contribution in [1.29, 1.82) is 0 Å². The number of likely N-dealkylation sites (N-methyl/N-ethyl adjacent to an activating group) is 1. The highest BCUT2D eigenvalue weighted by Crippen LogP contribution is 2.36. The first-order valence-electron chi connectivity index (χ1n) is 19.8. The Bertz CT molecular complexity index is 1240. The van der Waals surface area contributed by atoms with E-state index in [0.29, 0.717) is 6.29 Å². The zero-order valence-corrected chi connectivity index (χ0v) is 34.6. The number of carbonyl (C=O) groups is 3. The fourth-order valence-electron chi connectivity index (χ4n) is 8.37. The average molecular weight is 808 g/mol. The molecule has 3 aliphatic rings. The highest BCUT2D eigenvalue weighted by molar-refractivity contribution is 5.80. The summed E-state index contributed by atoms with van der Waals surface area (Å²) in [6.45, 7) is 9.36. The molecule has 0 aromatic carbocycles. The number of hydrogen-bond donors (Lipinski definition) is 6. The monoisotopic (exact) mass is 807 g/mol. The Morgan fingerprint density at radius 1 is 0.893 bits per heavy atom. The van der Waals surface area contributed by atoms with Crippen LogP contribution in [0.3, 0.4) is 0 Å². The molecule has 3 aliphatic heterocycles. The largest absolute Gasteiger partial charge is 0.462 e. The van der Waals surface area contributed by atoms with E-state index < -0.39 is 127 Å². The second kappa shape index (κ2) is 21.5. The van der Waals surface area contributed by atoms with Crippen molar-refractivity contribution in [1.82, 2.24) is 4.90 Å². The van der Waals surface area contributed by atoms with Crippen molar-refractivity contribution in [3.8, 4) is 0 Å². The van der Waals surface area contributed by atoms with Crippen LogP contribution in [-0.4, -0.2) is 180 Å². The number of methoxy groups -OCH3 is 2. The summed E-state index contributed by atoms with van der Waals surface area (Å²) < 4.78 is 41.3. The fourth-order valence-corrected chi connectivity index (χ4v) is 8.37. The molecule has 0 aliphatic carbocycles. The van der Waals surface area contributed by atoms with Gasteiger partial charge in [-0.25, -0.2) is 0 Å². The third kappa shape index (κ3) is 11.7. The first kappa shape index (κ1) is 48.7. The molecule has 0 bridgehead atoms. The number of nitrogens with zero attached hydrogens (tertiary/aromatic N) is 1. The van der Waals surface area contributed by atoms with Crippen LogP contribution in [0.5, 0.6) is 0 Å². The van der Waals surface area contributed by atoms with Gasteiger partial charge in [-0.2, -0.15) is 0 Å². The molecule has 56 heavy (non-hydrogen) atoms. The number of cyclic esters (lactones) is 1. The van der Waals surface area contributed by atoms with Gasteiger partial charge in [0.05, 0.1) is 61.3 Å². The van der Waals surface area contributed by atoms with Gasteiger partial charge in [0, 0.05) is 44.8 Å². The summed E-state index contributed by atoms with van der Waals surface area (Å²) in [6, 6.07) is -0.775. The maximum atomic E-state index is 13.7. The molecule has 0 spiro atoms. The lowest BCUT2D eigenvalue weighted by Gasteiger charge is -2.46. The Kier molecular flexibility index (Phi) is 18.7. The zero-order valence-electron chi connectivity index (χ0n) is 34.6. The molecular formula is C39H69NO16. The van der Waals surface area contributed by atoms with Crippen molar-refractivity contribution in [2.75, 3.05) is 34.9 Å². The van der Waals surface area contributed by atoms with E-state index in [2.05, 4.69) is 0 Å². The zero-order chi connectivity index (χ0) is 42.2. The highest BCUT2D eigenvalue weighted by atomic mass is 16.7. The SMILES string of the molecule is CCC1OC(=O)C[C@@H](O)[C@H](C)C(O[C@@H]2O[C@H](C)[C@@H](O)[C@H](N(C)C)[C@H]2O)[C@@H](CC=O)C[C@@H](C)C(=O)CCC(C)(O)C(O)[C@@H]1CO[C@@H]1O[C@H](C)[C@@H](O)[C@@H](OC)[C@H]1OC. The Morgan fingerprint density at radius 2 is 1.50 bits per heavy atom. The molecule has 326 valence electrons. The van der Waals surface area contributed by atoms with Crippen molar-refractivity contribution in [3.05, 3.63) is 0 Å². The summed E-state index contributed by atoms with van der Waals surface area (Å²) in [5.74, 6) is -4.38. The minimum Gasteiger partial charge on any atom is -0.462 e. The van der Waals surface area contributed by atoms with Crippen LogP contribution in [-0.2, 0) is 47.5 Å². The summed E-state index contributed by atoms with van der Waals surface area (Å²) in [7, 11) is 6.20. The third-order valence-electron chi connectivity index (χ3n) is 12.1. The van der Waals surface area contributed by atoms with Gasteiger partial charge >= 0.3 is 5.97 Å². The summed E-state index contributed by atoms with van der Waals surface area (Å²) in [6.07, 6.45) is -14.0. The van der Waals surface area contributed by atoms with Gasteiger partial charge in [-0.3, -0.25) is 9.59 Å². The number of Topliss-reactive ketones (excluding diaryl/α,β-unsaturated/α-hetero) is 1. The first-order chi connectivity index (χ1) is 26.2. The van der Waals surface area contributed by atoms with Gasteiger partial charge in [0.1, 0.15) is 42.6 Å². The molecule has 17 heteroatoms. The molecule has 3 heterocycles. The van der Waals surface area contributed by atoms with Gasteiger partial charge in [-0.15, -0.1) is 0 Å². The molecule has 3 rings (SSSR count). The van der Waals surface area contributed by atoms with Crippen LogP contribution in [0, 0.1) is 23.7 Å². The minimum atomic E-state index is -1.88. The van der Waals surface area contributed by atoms with Crippen LogP contribution in [0.15, 0.2) is 0 Å². The number of ether oxygens (including phenoxy) is 7. The average Bonchev–Trinajstić information content (AvgIpc) is 3.14. The van der Waals surface area contributed by atoms with Crippen molar-refractivity contribution >= 4 is 18.0 Å². The number of hydrogen-bond acceptors (Lipinski definition) is 17. The first-order valence-corrected chi connectivity index (χ1v) is 19.8. The molecule has 3 saturated heterocycles. The van der Waals surface area contributed by atoms with Crippen LogP contribution < -0.4 is 0 Å². The minimum absolute atomic E-state index is 0.0879. The Morgan fingerprint density at radius 3 is 2.07 bits per heavy atom. The molecule has 3 fully saturated rings. The fraction of sp³-hybridized carbons (Fsp3) is 0.923. The van der Waals surface area contributed by atoms with E-state index in [9.17, 15) is 45.0 Å². The number of carbonyl (C=O) groups excluding carboxylic acids is 3. The standard InChI is InChI=1S/C39H69NO16/c1-11-27-24(18-52-38-35(51-10)34(50-9)31(46)22(5)54-38)36(48)39(6,49)14-12-25(42)19(2)16-23(13-15-41)33(20(3)26(43)17-28(44)55-27)56-37-32(47)29(40(7)8)30(45)21(4)53-37/h15,19-24,26-27,29-38,43,45-49H,11-14,16-18H2,1-10H3/t19-,20+,21-,22-,23+,24-,26-,27?,29+,30-,31-,32-,33?,34-,35-,36?,37+,38-,39?/m1/s1. The highest BCUT2D eigenvalue weighted by Gasteiger charge is 2.49. The van der Waals surface area contributed by atoms with Gasteiger partial charge in [-0.05, 0) is 60.0 Å². The molecule has 0 aromatic rings. The van der Waals surface area contributed by atoms with Crippen LogP contribution in [0.2, 0.25) is 0 Å². The number of ketones is 1. The van der Waals surface area contributed by atoms with E-state index in [1.165, 1.54) is 21.1 Å². The second-order valence-electron chi connectivity index (χ2n) is 16.5. The van der Waals surface area contributed by atoms with Crippen LogP contribution in [0.4, 0.5) is 0 Å². The number of aliphatic hydroxyl groups excluding tert-OH is 5. The Balaban J connectivity index is 1.98. The lowest BCUT2D eigenvalue weighted by Crippen LogP contribution is -2.63. The quantitative estimate of drug-likeness (QED) is 0.119. The maximum absolute atomic E-state index is 13.7. The molecule has 6 N–H and O–H groups in total. The topological polar surface area (TPSA) is 240 Å². The van der Waals surface area contributed by atoms with Gasteiger partial charge in [0.2, 0.25) is 0 Å². The molecule has 17 nitrogen and oxygen atoms in total. The van der Waals surface area contributed by atoms with E-state index in [-0.39, 0.29) is 44.5 Å². The van der Waals surface area contributed by atoms with Crippen LogP contribution in [0.25, 0.3) is 0 Å². The lowest BCUT2D eigenvalue weighted by atomic mass is 9.77. The lowest BCUT2D eigenvalue weighted by molar-refractivity contribution is -0.307. The number of rotatable bonds is 11. The molecule has 0 aromatic heterocycles. The summed E-state index contributed by atoms with van der Waals surface area (Å²) in [4.78, 5) is 41.0. The maximum Gasteiger partial charge on any atom is 0.308 e. The Labute approximate surface area is 330 Å². The second-order valence-corrected chi connectivity index (χ2v) is 16.5. The Hall–Kier alpha value is -1.71. The smallest absolute Gasteiger partial charge is 0.308 e. The predicted octanol–water partition coefficient (Wildman–Crippen LogP) is -0.0480. The van der Waals surface area contributed by atoms with Gasteiger partial charge in [-0.1, -0.05) is 20.8 Å². The van der Waals surface area contributed by atoms with E-state index in [1.807, 2.05) is 0 Å². The molecule has 0 amide bonds. The van der Waals surface area contributed by atoms with Crippen LogP contribution >= 0.6 is 0 Å². The molecule has 19 atom stereocenters. The van der Waals surface area contributed by atoms with E-state index >= 15 is 0 Å². The molecule has 0 radical (unpaired) electrons. The van der Waals surface area contributed by atoms with E-state index in [1.54, 1.807) is 53.6 Å². The number of aliphatic hydroxyl groups is 6. The summed E-state index contributed by atoms with van der Waals surface area (Å²) in [5.41, 5.74) is -1.88. The number of esters is 1. The van der Waals surface area contributed by atoms with Crippen molar-refractivity contribution < 1.29 is 78.2 Å². The van der Waals surface area contributed by atoms with Crippen LogP contribution in [0.1, 0.15) is 80.1 Å². The molecular weight excluding hydrogens is 738 g/mol. The molecule has 4 unspecified atom stereocenters. The normalized spacial score (nSPS) is 45.4. The number of aldehydes is 1. The third-order valence-corrected chi connectivity index (χ3v) is 12.1. The predicted molar refractivity (Wildman–Crippen MR) is 199 cm³/mol. The van der Waals surface area contributed by atoms with Gasteiger partial charge < -0.3 is 73.5 Å². The van der Waals surface area contributed by atoms with Crippen molar-refractivity contribution in [3.63, 3.8) is 0 Å². The van der Waals surface area contributed by atoms with E-state index in [4.69, 9.17) is 33.2 Å². The van der Waals surface area contributed by atoms with Crippen molar-refractivity contribution in [2.24, 2.45) is 23.7 Å². The summed E-state index contributed by atoms with van der Waals surface area (Å²) in [5, 5.41) is 67.8. The van der Waals surface area contributed by atoms with Gasteiger partial charge in [0.15, 0.2) is 12.6 Å². The summed E-state index contributed by atoms with van der Waals surface area (Å²) >= 11 is 0. The van der Waals surface area contributed by atoms with Gasteiger partial charge in [0.25, 0.3) is 0 Å².